The van der Waals surface area contributed by atoms with Gasteiger partial charge in [0.25, 0.3) is 0 Å². The van der Waals surface area contributed by atoms with Crippen LogP contribution in [0.4, 0.5) is 0 Å². The van der Waals surface area contributed by atoms with E-state index in [1.54, 1.807) is 16.7 Å². The summed E-state index contributed by atoms with van der Waals surface area (Å²) < 4.78 is 23.2. The van der Waals surface area contributed by atoms with E-state index in [2.05, 4.69) is 36.4 Å². The van der Waals surface area contributed by atoms with E-state index in [1.165, 1.54) is 15.8 Å². The van der Waals surface area contributed by atoms with Crippen molar-refractivity contribution in [1.29, 1.82) is 0 Å². The largest absolute Gasteiger partial charge is 0.358 e. The van der Waals surface area contributed by atoms with Gasteiger partial charge in [-0.2, -0.15) is 0 Å². The Labute approximate surface area is 123 Å². The Morgan fingerprint density at radius 2 is 2.42 bits per heavy atom. The zero-order valence-electron chi connectivity index (χ0n) is 14.5. The molecule has 1 fully saturated rings. The third-order valence-corrected chi connectivity index (χ3v) is 4.92. The second kappa shape index (κ2) is 5.22. The van der Waals surface area contributed by atoms with Crippen molar-refractivity contribution < 1.29 is 4.11 Å². The Morgan fingerprint density at radius 1 is 1.53 bits per heavy atom. The number of nitrogens with one attached hydrogen (secondary N) is 1. The van der Waals surface area contributed by atoms with Crippen molar-refractivity contribution in [3.63, 3.8) is 0 Å². The number of hydrogen-bond donors (Lipinski definition) is 1. The highest BCUT2D eigenvalue weighted by Crippen LogP contribution is 2.33. The number of aromatic nitrogens is 1. The Morgan fingerprint density at radius 3 is 3.21 bits per heavy atom. The van der Waals surface area contributed by atoms with Crippen LogP contribution in [0.3, 0.4) is 0 Å². The molecule has 1 aromatic carbocycles. The maximum absolute atomic E-state index is 7.73. The number of thioether (sulfide) groups is 1. The SMILES string of the molecule is [2H]C([2H])([2H])N1CCC[C@@H]1Cc1c(C)[nH]c2cccc(SC)c12. The number of likely N-dealkylation sites (tertiary alicyclic amines) is 1. The molecule has 2 nitrogen and oxygen atoms in total. The first kappa shape index (κ1) is 9.89. The van der Waals surface area contributed by atoms with Crippen LogP contribution in [-0.2, 0) is 6.42 Å². The van der Waals surface area contributed by atoms with Gasteiger partial charge in [0.2, 0.25) is 0 Å². The predicted molar refractivity (Wildman–Crippen MR) is 84.2 cm³/mol. The smallest absolute Gasteiger partial charge is 0.0470 e. The minimum absolute atomic E-state index is 0.111. The highest BCUT2D eigenvalue weighted by molar-refractivity contribution is 7.98. The number of nitrogens with zero attached hydrogens (tertiary/aromatic N) is 1. The van der Waals surface area contributed by atoms with E-state index in [0.717, 1.165) is 30.5 Å². The van der Waals surface area contributed by atoms with Crippen LogP contribution >= 0.6 is 11.8 Å². The summed E-state index contributed by atoms with van der Waals surface area (Å²) in [6, 6.07) is 6.42. The Hall–Kier alpha value is -0.930. The lowest BCUT2D eigenvalue weighted by atomic mass is 10.0. The molecule has 0 amide bonds. The van der Waals surface area contributed by atoms with Crippen molar-refractivity contribution in [2.24, 2.45) is 0 Å². The fraction of sp³-hybridized carbons (Fsp3) is 0.500. The van der Waals surface area contributed by atoms with Gasteiger partial charge in [-0.05, 0) is 63.7 Å². The summed E-state index contributed by atoms with van der Waals surface area (Å²) >= 11 is 1.75. The lowest BCUT2D eigenvalue weighted by molar-refractivity contribution is 0.309. The molecule has 1 atom stereocenters. The lowest BCUT2D eigenvalue weighted by Gasteiger charge is -2.19. The monoisotopic (exact) mass is 277 g/mol. The van der Waals surface area contributed by atoms with Crippen molar-refractivity contribution in [1.82, 2.24) is 9.88 Å². The molecule has 0 radical (unpaired) electrons. The molecule has 3 rings (SSSR count). The molecule has 102 valence electrons. The van der Waals surface area contributed by atoms with Gasteiger partial charge < -0.3 is 9.88 Å². The highest BCUT2D eigenvalue weighted by atomic mass is 32.2. The number of H-pyrrole nitrogens is 1. The topological polar surface area (TPSA) is 19.0 Å². The van der Waals surface area contributed by atoms with Crippen molar-refractivity contribution in [2.45, 2.75) is 37.1 Å². The molecule has 19 heavy (non-hydrogen) atoms. The molecule has 2 aromatic rings. The van der Waals surface area contributed by atoms with Crippen molar-refractivity contribution in [2.75, 3.05) is 19.8 Å². The van der Waals surface area contributed by atoms with Crippen LogP contribution in [0.1, 0.15) is 28.2 Å². The number of aryl methyl sites for hydroxylation is 1. The van der Waals surface area contributed by atoms with Gasteiger partial charge in [-0.3, -0.25) is 0 Å². The van der Waals surface area contributed by atoms with Gasteiger partial charge in [0.15, 0.2) is 0 Å². The van der Waals surface area contributed by atoms with Crippen LogP contribution in [0.25, 0.3) is 10.9 Å². The second-order valence-electron chi connectivity index (χ2n) is 5.30. The maximum atomic E-state index is 7.73. The molecule has 0 bridgehead atoms. The van der Waals surface area contributed by atoms with Gasteiger partial charge in [0, 0.05) is 31.6 Å². The van der Waals surface area contributed by atoms with Crippen LogP contribution < -0.4 is 0 Å². The molecule has 2 heterocycles. The van der Waals surface area contributed by atoms with Gasteiger partial charge in [0.1, 0.15) is 0 Å². The number of fused-ring (bicyclic) bond motifs is 1. The first-order valence-electron chi connectivity index (χ1n) is 8.32. The summed E-state index contributed by atoms with van der Waals surface area (Å²) in [4.78, 5) is 6.42. The van der Waals surface area contributed by atoms with Crippen LogP contribution in [0, 0.1) is 6.92 Å². The lowest BCUT2D eigenvalue weighted by Crippen LogP contribution is -2.27. The fourth-order valence-corrected chi connectivity index (χ4v) is 3.77. The maximum Gasteiger partial charge on any atom is 0.0470 e. The van der Waals surface area contributed by atoms with Crippen molar-refractivity contribution in [3.8, 4) is 0 Å². The van der Waals surface area contributed by atoms with Crippen molar-refractivity contribution >= 4 is 22.7 Å². The van der Waals surface area contributed by atoms with Gasteiger partial charge in [0.05, 0.1) is 0 Å². The number of likely N-dealkylation sites (N-methyl/N-ethyl adjacent to an activating group) is 1. The number of rotatable bonds is 3. The Bertz CT molecular complexity index is 678. The Kier molecular flexibility index (Phi) is 2.72. The third-order valence-electron chi connectivity index (χ3n) is 4.14. The molecule has 0 unspecified atom stereocenters. The quantitative estimate of drug-likeness (QED) is 0.860. The van der Waals surface area contributed by atoms with Gasteiger partial charge >= 0.3 is 0 Å². The van der Waals surface area contributed by atoms with Gasteiger partial charge in [-0.15, -0.1) is 11.8 Å². The number of benzene rings is 1. The fourth-order valence-electron chi connectivity index (χ4n) is 3.12. The average molecular weight is 277 g/mol. The van der Waals surface area contributed by atoms with E-state index in [-0.39, 0.29) is 6.04 Å². The molecule has 1 aliphatic heterocycles. The third kappa shape index (κ3) is 2.30. The summed E-state index contributed by atoms with van der Waals surface area (Å²) in [5.74, 6) is 0. The molecular formula is C16H22N2S. The van der Waals surface area contributed by atoms with Crippen LogP contribution in [0.5, 0.6) is 0 Å². The Balaban J connectivity index is 1.99. The van der Waals surface area contributed by atoms with E-state index in [4.69, 9.17) is 4.11 Å². The van der Waals surface area contributed by atoms with E-state index in [1.807, 2.05) is 0 Å². The first-order valence-corrected chi connectivity index (χ1v) is 8.05. The molecule has 0 saturated carbocycles. The van der Waals surface area contributed by atoms with Crippen molar-refractivity contribution in [3.05, 3.63) is 29.5 Å². The van der Waals surface area contributed by atoms with Gasteiger partial charge in [-0.25, -0.2) is 0 Å². The zero-order valence-corrected chi connectivity index (χ0v) is 12.3. The average Bonchev–Trinajstić information content (AvgIpc) is 3.04. The number of aromatic amines is 1. The minimum Gasteiger partial charge on any atom is -0.358 e. The van der Waals surface area contributed by atoms with E-state index in [0.29, 0.717) is 6.54 Å². The predicted octanol–water partition coefficient (Wildman–Crippen LogP) is 3.83. The molecule has 1 N–H and O–H groups in total. The summed E-state index contributed by atoms with van der Waals surface area (Å²) in [7, 11) is 0. The normalized spacial score (nSPS) is 23.5. The number of hydrogen-bond acceptors (Lipinski definition) is 2. The zero-order chi connectivity index (χ0) is 15.9. The molecular weight excluding hydrogens is 252 g/mol. The molecule has 1 aliphatic rings. The van der Waals surface area contributed by atoms with E-state index in [9.17, 15) is 0 Å². The summed E-state index contributed by atoms with van der Waals surface area (Å²) in [5.41, 5.74) is 3.59. The first-order chi connectivity index (χ1) is 10.4. The van der Waals surface area contributed by atoms with Gasteiger partial charge in [-0.1, -0.05) is 6.07 Å². The summed E-state index contributed by atoms with van der Waals surface area (Å²) in [6.45, 7) is 0.787. The minimum atomic E-state index is -1.98. The molecule has 1 saturated heterocycles. The standard InChI is InChI=1S/C16H22N2S/c1-11-13(10-12-6-5-9-18(12)2)16-14(17-11)7-4-8-15(16)19-3/h4,7-8,12,17H,5-6,9-10H2,1-3H3/t12-/m1/s1/i2D3. The van der Waals surface area contributed by atoms with Crippen LogP contribution in [-0.4, -0.2) is 35.7 Å². The molecule has 3 heteroatoms. The molecule has 0 aliphatic carbocycles. The van der Waals surface area contributed by atoms with Crippen LogP contribution in [0.2, 0.25) is 0 Å². The van der Waals surface area contributed by atoms with E-state index >= 15 is 0 Å². The van der Waals surface area contributed by atoms with Crippen LogP contribution in [0.15, 0.2) is 23.1 Å². The summed E-state index contributed by atoms with van der Waals surface area (Å²) in [5, 5.41) is 1.27. The molecule has 1 aromatic heterocycles. The second-order valence-corrected chi connectivity index (χ2v) is 6.15. The summed E-state index contributed by atoms with van der Waals surface area (Å²) in [6.07, 6.45) is 4.83. The molecule has 0 spiro atoms. The van der Waals surface area contributed by atoms with E-state index < -0.39 is 6.98 Å². The highest BCUT2D eigenvalue weighted by Gasteiger charge is 2.23.